The molecule has 0 aromatic carbocycles. The predicted molar refractivity (Wildman–Crippen MR) is 56.6 cm³/mol. The third kappa shape index (κ3) is 2.57. The van der Waals surface area contributed by atoms with Crippen LogP contribution in [0.5, 0.6) is 0 Å². The lowest BCUT2D eigenvalue weighted by atomic mass is 10.8. The summed E-state index contributed by atoms with van der Waals surface area (Å²) in [6.45, 7) is 1.36. The topological polar surface area (TPSA) is 85.4 Å². The third-order valence-electron chi connectivity index (χ3n) is 1.03. The van der Waals surface area contributed by atoms with E-state index in [9.17, 15) is 8.42 Å². The molecule has 2 N–H and O–H groups in total. The van der Waals surface area contributed by atoms with Gasteiger partial charge in [0.15, 0.2) is 13.8 Å². The first-order valence-electron chi connectivity index (χ1n) is 3.22. The number of hydrogen-bond donors (Lipinski definition) is 1. The second-order valence-corrected chi connectivity index (χ2v) is 5.99. The van der Waals surface area contributed by atoms with E-state index < -0.39 is 10.0 Å². The Bertz CT molecular complexity index is 475. The number of nitrogens with two attached hydrogens (primary N) is 1. The molecule has 0 spiro atoms. The molecule has 0 atom stereocenters. The number of rotatable bonds is 2. The largest absolute Gasteiger partial charge is 0.387 e. The first-order valence-corrected chi connectivity index (χ1v) is 6.23. The van der Waals surface area contributed by atoms with Crippen molar-refractivity contribution in [2.24, 2.45) is 10.1 Å². The summed E-state index contributed by atoms with van der Waals surface area (Å²) in [5.41, 5.74) is 5.15. The minimum Gasteiger partial charge on any atom is -0.387 e. The molecule has 14 heavy (non-hydrogen) atoms. The van der Waals surface area contributed by atoms with E-state index in [0.29, 0.717) is 0 Å². The second kappa shape index (κ2) is 4.01. The van der Waals surface area contributed by atoms with Gasteiger partial charge < -0.3 is 5.73 Å². The van der Waals surface area contributed by atoms with Crippen molar-refractivity contribution < 1.29 is 8.42 Å². The molecule has 1 aromatic rings. The summed E-state index contributed by atoms with van der Waals surface area (Å²) in [7, 11) is -3.87. The average Bonchev–Trinajstić information content (AvgIpc) is 2.27. The number of hydrogen-bond acceptors (Lipinski definition) is 4. The summed E-state index contributed by atoms with van der Waals surface area (Å²) >= 11 is 11.8. The molecule has 0 unspecified atom stereocenters. The van der Waals surface area contributed by atoms with Crippen molar-refractivity contribution >= 4 is 50.4 Å². The summed E-state index contributed by atoms with van der Waals surface area (Å²) in [6, 6.07) is 0. The van der Waals surface area contributed by atoms with Gasteiger partial charge in [0.05, 0.1) is 0 Å². The fraction of sp³-hybridized carbons (Fsp3) is 0.200. The zero-order valence-corrected chi connectivity index (χ0v) is 10.0. The van der Waals surface area contributed by atoms with Crippen LogP contribution in [0, 0.1) is 0 Å². The van der Waals surface area contributed by atoms with E-state index >= 15 is 0 Å². The molecule has 78 valence electrons. The van der Waals surface area contributed by atoms with Gasteiger partial charge in [0.2, 0.25) is 0 Å². The van der Waals surface area contributed by atoms with Gasteiger partial charge in [-0.2, -0.15) is 8.42 Å². The summed E-state index contributed by atoms with van der Waals surface area (Å²) in [5.74, 6) is -0.0782. The van der Waals surface area contributed by atoms with Crippen LogP contribution >= 0.6 is 34.5 Å². The molecule has 0 saturated heterocycles. The highest BCUT2D eigenvalue weighted by Gasteiger charge is 2.22. The molecule has 0 fully saturated rings. The zero-order valence-electron chi connectivity index (χ0n) is 6.86. The lowest BCUT2D eigenvalue weighted by Crippen LogP contribution is -2.09. The Balaban J connectivity index is 3.31. The molecule has 0 aliphatic carbocycles. The van der Waals surface area contributed by atoms with Crippen LogP contribution in [0.15, 0.2) is 8.61 Å². The highest BCUT2D eigenvalue weighted by Crippen LogP contribution is 2.31. The van der Waals surface area contributed by atoms with Gasteiger partial charge in [-0.3, -0.25) is 0 Å². The second-order valence-electron chi connectivity index (χ2n) is 2.25. The van der Waals surface area contributed by atoms with Gasteiger partial charge in [-0.1, -0.05) is 34.5 Å². The number of halogens is 2. The Kier molecular flexibility index (Phi) is 3.36. The number of aromatic nitrogens is 1. The Morgan fingerprint density at radius 3 is 2.50 bits per heavy atom. The van der Waals surface area contributed by atoms with Crippen molar-refractivity contribution in [3.05, 3.63) is 9.62 Å². The number of thiazole rings is 1. The van der Waals surface area contributed by atoms with Crippen molar-refractivity contribution in [2.45, 2.75) is 11.1 Å². The van der Waals surface area contributed by atoms with Gasteiger partial charge in [0.1, 0.15) is 5.84 Å². The lowest BCUT2D eigenvalue weighted by Gasteiger charge is -1.94. The van der Waals surface area contributed by atoms with E-state index in [0.717, 1.165) is 11.3 Å². The van der Waals surface area contributed by atoms with Crippen LogP contribution in [0.1, 0.15) is 6.92 Å². The summed E-state index contributed by atoms with van der Waals surface area (Å²) in [5, 5.41) is -0.190. The third-order valence-corrected chi connectivity index (χ3v) is 4.55. The molecule has 1 aromatic heterocycles. The Hall–Kier alpha value is -0.370. The van der Waals surface area contributed by atoms with Crippen LogP contribution in [0.4, 0.5) is 0 Å². The monoisotopic (exact) mass is 273 g/mol. The maximum Gasteiger partial charge on any atom is 0.296 e. The highest BCUT2D eigenvalue weighted by atomic mass is 35.5. The van der Waals surface area contributed by atoms with Crippen molar-refractivity contribution in [2.75, 3.05) is 0 Å². The van der Waals surface area contributed by atoms with Crippen molar-refractivity contribution in [1.29, 1.82) is 0 Å². The predicted octanol–water partition coefficient (Wildman–Crippen LogP) is 1.52. The Morgan fingerprint density at radius 1 is 1.57 bits per heavy atom. The normalized spacial score (nSPS) is 13.2. The van der Waals surface area contributed by atoms with Gasteiger partial charge in [0, 0.05) is 0 Å². The number of amidine groups is 1. The molecule has 5 nitrogen and oxygen atoms in total. The smallest absolute Gasteiger partial charge is 0.296 e. The fourth-order valence-electron chi connectivity index (χ4n) is 0.654. The number of sulfonamides is 1. The lowest BCUT2D eigenvalue weighted by molar-refractivity contribution is 0.600. The van der Waals surface area contributed by atoms with Crippen LogP contribution < -0.4 is 5.73 Å². The molecule has 1 rings (SSSR count). The zero-order chi connectivity index (χ0) is 10.9. The van der Waals surface area contributed by atoms with E-state index in [1.165, 1.54) is 6.92 Å². The summed E-state index contributed by atoms with van der Waals surface area (Å²) in [6.07, 6.45) is 0. The molecule has 0 bridgehead atoms. The van der Waals surface area contributed by atoms with E-state index in [1.807, 2.05) is 0 Å². The molecule has 1 heterocycles. The molecule has 0 saturated carbocycles. The van der Waals surface area contributed by atoms with Gasteiger partial charge in [-0.05, 0) is 6.92 Å². The van der Waals surface area contributed by atoms with Gasteiger partial charge in [-0.15, -0.1) is 4.40 Å². The maximum atomic E-state index is 11.4. The Morgan fingerprint density at radius 2 is 2.14 bits per heavy atom. The van der Waals surface area contributed by atoms with Crippen LogP contribution in [0.2, 0.25) is 9.62 Å². The van der Waals surface area contributed by atoms with Crippen LogP contribution in [0.3, 0.4) is 0 Å². The van der Waals surface area contributed by atoms with E-state index in [1.54, 1.807) is 0 Å². The molecular formula is C5H5Cl2N3O2S2. The molecule has 0 amide bonds. The van der Waals surface area contributed by atoms with Crippen molar-refractivity contribution in [3.63, 3.8) is 0 Å². The van der Waals surface area contributed by atoms with Crippen LogP contribution in [-0.4, -0.2) is 19.2 Å². The standard InChI is InChI=1S/C5H5Cl2N3O2S2/c1-2(8)10-14(11,12)4-3(6)9-5(7)13-4/h1H3,(H2,8,10). The average molecular weight is 274 g/mol. The maximum absolute atomic E-state index is 11.4. The highest BCUT2D eigenvalue weighted by molar-refractivity contribution is 7.92. The van der Waals surface area contributed by atoms with Gasteiger partial charge >= 0.3 is 0 Å². The van der Waals surface area contributed by atoms with Gasteiger partial charge in [0.25, 0.3) is 10.0 Å². The van der Waals surface area contributed by atoms with E-state index in [4.69, 9.17) is 28.9 Å². The van der Waals surface area contributed by atoms with Gasteiger partial charge in [-0.25, -0.2) is 4.98 Å². The minimum atomic E-state index is -3.87. The molecule has 0 radical (unpaired) electrons. The first-order chi connectivity index (χ1) is 6.33. The summed E-state index contributed by atoms with van der Waals surface area (Å²) in [4.78, 5) is 3.54. The molecular weight excluding hydrogens is 269 g/mol. The SMILES string of the molecule is C/C(N)=N\S(=O)(=O)c1sc(Cl)nc1Cl. The summed E-state index contributed by atoms with van der Waals surface area (Å²) < 4.78 is 26.0. The minimum absolute atomic E-state index is 0.0402. The van der Waals surface area contributed by atoms with E-state index in [-0.39, 0.29) is 19.7 Å². The molecule has 9 heteroatoms. The number of nitrogens with zero attached hydrogens (tertiary/aromatic N) is 2. The fourth-order valence-corrected chi connectivity index (χ4v) is 3.60. The van der Waals surface area contributed by atoms with Crippen LogP contribution in [-0.2, 0) is 10.0 Å². The Labute approximate surface area is 94.6 Å². The van der Waals surface area contributed by atoms with Crippen molar-refractivity contribution in [1.82, 2.24) is 4.98 Å². The van der Waals surface area contributed by atoms with Crippen LogP contribution in [0.25, 0.3) is 0 Å². The first kappa shape index (κ1) is 11.7. The van der Waals surface area contributed by atoms with E-state index in [2.05, 4.69) is 9.38 Å². The molecule has 0 aliphatic heterocycles. The quantitative estimate of drug-likeness (QED) is 0.654. The molecule has 0 aliphatic rings. The van der Waals surface area contributed by atoms with Crippen molar-refractivity contribution in [3.8, 4) is 0 Å².